The molecule has 0 spiro atoms. The van der Waals surface area contributed by atoms with E-state index >= 15 is 0 Å². The molecule has 1 aromatic rings. The second-order valence-corrected chi connectivity index (χ2v) is 6.36. The lowest BCUT2D eigenvalue weighted by Crippen LogP contribution is -2.40. The van der Waals surface area contributed by atoms with Gasteiger partial charge in [-0.3, -0.25) is 0 Å². The van der Waals surface area contributed by atoms with Crippen molar-refractivity contribution in [2.75, 3.05) is 6.54 Å². The topological polar surface area (TPSA) is 63.4 Å². The molecule has 2 N–H and O–H groups in total. The first kappa shape index (κ1) is 12.5. The molecule has 0 radical (unpaired) electrons. The summed E-state index contributed by atoms with van der Waals surface area (Å²) < 4.78 is 24.0. The van der Waals surface area contributed by atoms with Gasteiger partial charge in [-0.25, -0.2) is 5.14 Å². The number of nitrogens with zero attached hydrogens (tertiary/aromatic N) is 1. The SMILES string of the molecule is CC(C)c1ccc2c(c1)CN(S(N)(=O)=O)CC2. The van der Waals surface area contributed by atoms with E-state index in [2.05, 4.69) is 32.0 Å². The minimum atomic E-state index is -3.57. The molecule has 17 heavy (non-hydrogen) atoms. The normalized spacial score (nSPS) is 17.2. The first-order valence-electron chi connectivity index (χ1n) is 5.77. The van der Waals surface area contributed by atoms with E-state index in [0.29, 0.717) is 19.0 Å². The fraction of sp³-hybridized carbons (Fsp3) is 0.500. The van der Waals surface area contributed by atoms with Crippen LogP contribution < -0.4 is 5.14 Å². The van der Waals surface area contributed by atoms with Crippen molar-refractivity contribution in [1.82, 2.24) is 4.31 Å². The molecule has 1 aliphatic heterocycles. The summed E-state index contributed by atoms with van der Waals surface area (Å²) in [6, 6.07) is 6.32. The zero-order valence-electron chi connectivity index (χ0n) is 10.2. The second-order valence-electron chi connectivity index (χ2n) is 4.81. The van der Waals surface area contributed by atoms with Crippen molar-refractivity contribution < 1.29 is 8.42 Å². The van der Waals surface area contributed by atoms with E-state index in [0.717, 1.165) is 12.0 Å². The maximum atomic E-state index is 11.3. The van der Waals surface area contributed by atoms with Gasteiger partial charge < -0.3 is 0 Å². The summed E-state index contributed by atoms with van der Waals surface area (Å²) in [7, 11) is -3.57. The van der Waals surface area contributed by atoms with Crippen molar-refractivity contribution in [3.63, 3.8) is 0 Å². The molecule has 1 heterocycles. The summed E-state index contributed by atoms with van der Waals surface area (Å²) in [5, 5.41) is 5.16. The van der Waals surface area contributed by atoms with Crippen LogP contribution in [0.5, 0.6) is 0 Å². The molecule has 0 saturated heterocycles. The lowest BCUT2D eigenvalue weighted by atomic mass is 9.94. The molecule has 1 aliphatic rings. The van der Waals surface area contributed by atoms with Gasteiger partial charge in [0.25, 0.3) is 10.2 Å². The van der Waals surface area contributed by atoms with Gasteiger partial charge in [0.1, 0.15) is 0 Å². The number of hydrogen-bond acceptors (Lipinski definition) is 2. The standard InChI is InChI=1S/C12H18N2O2S/c1-9(2)11-4-3-10-5-6-14(17(13,15)16)8-12(10)7-11/h3-4,7,9H,5-6,8H2,1-2H3,(H2,13,15,16). The Kier molecular flexibility index (Phi) is 3.25. The molecule has 0 atom stereocenters. The first-order valence-corrected chi connectivity index (χ1v) is 7.28. The van der Waals surface area contributed by atoms with Crippen LogP contribution in [-0.2, 0) is 23.2 Å². The maximum Gasteiger partial charge on any atom is 0.277 e. The Morgan fingerprint density at radius 1 is 1.29 bits per heavy atom. The summed E-state index contributed by atoms with van der Waals surface area (Å²) in [6.07, 6.45) is 0.740. The number of fused-ring (bicyclic) bond motifs is 1. The predicted molar refractivity (Wildman–Crippen MR) is 67.8 cm³/mol. The van der Waals surface area contributed by atoms with E-state index in [-0.39, 0.29) is 0 Å². The zero-order valence-corrected chi connectivity index (χ0v) is 11.0. The number of hydrogen-bond donors (Lipinski definition) is 1. The predicted octanol–water partition coefficient (Wildman–Crippen LogP) is 1.37. The molecule has 94 valence electrons. The molecule has 0 fully saturated rings. The van der Waals surface area contributed by atoms with Crippen molar-refractivity contribution >= 4 is 10.2 Å². The first-order chi connectivity index (χ1) is 7.88. The van der Waals surface area contributed by atoms with Crippen molar-refractivity contribution in [1.29, 1.82) is 0 Å². The monoisotopic (exact) mass is 254 g/mol. The van der Waals surface area contributed by atoms with Crippen LogP contribution in [0.25, 0.3) is 0 Å². The minimum absolute atomic E-state index is 0.398. The van der Waals surface area contributed by atoms with E-state index in [1.54, 1.807) is 0 Å². The molecular weight excluding hydrogens is 236 g/mol. The zero-order chi connectivity index (χ0) is 12.6. The third-order valence-electron chi connectivity index (χ3n) is 3.23. The maximum absolute atomic E-state index is 11.3. The van der Waals surface area contributed by atoms with E-state index in [4.69, 9.17) is 5.14 Å². The molecule has 0 amide bonds. The molecule has 4 nitrogen and oxygen atoms in total. The highest BCUT2D eigenvalue weighted by atomic mass is 32.2. The van der Waals surface area contributed by atoms with Crippen molar-refractivity contribution in [3.05, 3.63) is 34.9 Å². The van der Waals surface area contributed by atoms with Crippen LogP contribution in [0.3, 0.4) is 0 Å². The van der Waals surface area contributed by atoms with Crippen LogP contribution in [0.15, 0.2) is 18.2 Å². The third kappa shape index (κ3) is 2.68. The van der Waals surface area contributed by atoms with Crippen LogP contribution in [0, 0.1) is 0 Å². The molecule has 0 aromatic heterocycles. The highest BCUT2D eigenvalue weighted by Gasteiger charge is 2.23. The Morgan fingerprint density at radius 3 is 2.59 bits per heavy atom. The Balaban J connectivity index is 2.33. The minimum Gasteiger partial charge on any atom is -0.216 e. The number of nitrogens with two attached hydrogens (primary N) is 1. The lowest BCUT2D eigenvalue weighted by Gasteiger charge is -2.27. The van der Waals surface area contributed by atoms with Crippen LogP contribution >= 0.6 is 0 Å². The average molecular weight is 254 g/mol. The quantitative estimate of drug-likeness (QED) is 0.866. The molecule has 0 bridgehead atoms. The van der Waals surface area contributed by atoms with Crippen LogP contribution in [0.4, 0.5) is 0 Å². The van der Waals surface area contributed by atoms with E-state index in [1.807, 2.05) is 0 Å². The largest absolute Gasteiger partial charge is 0.277 e. The van der Waals surface area contributed by atoms with Crippen molar-refractivity contribution in [3.8, 4) is 0 Å². The van der Waals surface area contributed by atoms with E-state index in [1.165, 1.54) is 15.4 Å². The van der Waals surface area contributed by atoms with Crippen LogP contribution in [-0.4, -0.2) is 19.3 Å². The molecule has 1 aromatic carbocycles. The molecular formula is C12H18N2O2S. The van der Waals surface area contributed by atoms with E-state index in [9.17, 15) is 8.42 Å². The van der Waals surface area contributed by atoms with Crippen molar-refractivity contribution in [2.45, 2.75) is 32.7 Å². The van der Waals surface area contributed by atoms with Gasteiger partial charge in [-0.15, -0.1) is 0 Å². The van der Waals surface area contributed by atoms with Gasteiger partial charge in [-0.05, 0) is 29.0 Å². The Bertz CT molecular complexity index is 523. The van der Waals surface area contributed by atoms with Crippen LogP contribution in [0.1, 0.15) is 36.5 Å². The van der Waals surface area contributed by atoms with Gasteiger partial charge in [0, 0.05) is 13.1 Å². The van der Waals surface area contributed by atoms with Gasteiger partial charge in [0.15, 0.2) is 0 Å². The van der Waals surface area contributed by atoms with Gasteiger partial charge in [-0.2, -0.15) is 12.7 Å². The summed E-state index contributed by atoms with van der Waals surface area (Å²) >= 11 is 0. The molecule has 5 heteroatoms. The Labute approximate surface area is 103 Å². The van der Waals surface area contributed by atoms with Crippen LogP contribution in [0.2, 0.25) is 0 Å². The summed E-state index contributed by atoms with van der Waals surface area (Å²) in [5.74, 6) is 0.449. The fourth-order valence-electron chi connectivity index (χ4n) is 2.13. The highest BCUT2D eigenvalue weighted by Crippen LogP contribution is 2.24. The van der Waals surface area contributed by atoms with E-state index < -0.39 is 10.2 Å². The second kappa shape index (κ2) is 4.40. The lowest BCUT2D eigenvalue weighted by molar-refractivity contribution is 0.392. The average Bonchev–Trinajstić information content (AvgIpc) is 2.26. The van der Waals surface area contributed by atoms with Crippen molar-refractivity contribution in [2.24, 2.45) is 5.14 Å². The highest BCUT2D eigenvalue weighted by molar-refractivity contribution is 7.86. The third-order valence-corrected chi connectivity index (χ3v) is 4.27. The number of benzene rings is 1. The Morgan fingerprint density at radius 2 is 2.00 bits per heavy atom. The molecule has 2 rings (SSSR count). The van der Waals surface area contributed by atoms with Gasteiger partial charge in [-0.1, -0.05) is 32.0 Å². The Hall–Kier alpha value is -0.910. The molecule has 0 unspecified atom stereocenters. The molecule has 0 saturated carbocycles. The molecule has 0 aliphatic carbocycles. The smallest absolute Gasteiger partial charge is 0.216 e. The fourth-order valence-corrected chi connectivity index (χ4v) is 2.79. The van der Waals surface area contributed by atoms with Gasteiger partial charge in [0.2, 0.25) is 0 Å². The van der Waals surface area contributed by atoms with Gasteiger partial charge in [0.05, 0.1) is 0 Å². The summed E-state index contributed by atoms with van der Waals surface area (Å²) in [6.45, 7) is 5.13. The van der Waals surface area contributed by atoms with Gasteiger partial charge >= 0.3 is 0 Å². The summed E-state index contributed by atoms with van der Waals surface area (Å²) in [4.78, 5) is 0. The number of rotatable bonds is 2. The summed E-state index contributed by atoms with van der Waals surface area (Å²) in [5.41, 5.74) is 3.55.